The van der Waals surface area contributed by atoms with Crippen LogP contribution in [-0.2, 0) is 15.1 Å². The summed E-state index contributed by atoms with van der Waals surface area (Å²) in [5, 5.41) is 5.58. The second-order valence-corrected chi connectivity index (χ2v) is 8.39. The molecule has 0 unspecified atom stereocenters. The Morgan fingerprint density at radius 2 is 1.54 bits per heavy atom. The van der Waals surface area contributed by atoms with Crippen LogP contribution in [0.1, 0.15) is 22.3 Å². The van der Waals surface area contributed by atoms with Gasteiger partial charge >= 0.3 is 6.03 Å². The number of benzene rings is 3. The number of carbonyl (C=O) groups is 3. The maximum atomic E-state index is 13.8. The number of nitrogens with zero attached hydrogens (tertiary/aromatic N) is 1. The van der Waals surface area contributed by atoms with Gasteiger partial charge in [0.2, 0.25) is 5.91 Å². The van der Waals surface area contributed by atoms with Gasteiger partial charge in [0.15, 0.2) is 5.54 Å². The average molecular weight is 474 g/mol. The topological polar surface area (TPSA) is 97.0 Å². The van der Waals surface area contributed by atoms with Crippen molar-refractivity contribution >= 4 is 23.5 Å². The first-order valence-corrected chi connectivity index (χ1v) is 11.1. The summed E-state index contributed by atoms with van der Waals surface area (Å²) in [5.74, 6) is -0.0666. The maximum absolute atomic E-state index is 13.8. The molecular weight excluding hydrogens is 446 g/mol. The van der Waals surface area contributed by atoms with Crippen molar-refractivity contribution in [3.8, 4) is 11.5 Å². The summed E-state index contributed by atoms with van der Waals surface area (Å²) in [6, 6.07) is 19.0. The van der Waals surface area contributed by atoms with E-state index >= 15 is 0 Å². The standard InChI is InChI=1S/C27H27N3O5/c1-17-10-11-20(12-18(17)2)27(19-8-6-5-7-9-19)25(32)30(26(33)29-27)16-24(31)28-21-13-22(34-3)15-23(14-21)35-4/h5-15H,16H2,1-4H3,(H,28,31)(H,29,33)/t27-/m1/s1. The molecule has 1 fully saturated rings. The molecule has 4 amide bonds. The van der Waals surface area contributed by atoms with Crippen LogP contribution in [0.4, 0.5) is 10.5 Å². The van der Waals surface area contributed by atoms with Crippen molar-refractivity contribution in [2.24, 2.45) is 0 Å². The lowest BCUT2D eigenvalue weighted by Gasteiger charge is -2.28. The van der Waals surface area contributed by atoms with Crippen molar-refractivity contribution < 1.29 is 23.9 Å². The second-order valence-electron chi connectivity index (χ2n) is 8.39. The molecule has 180 valence electrons. The summed E-state index contributed by atoms with van der Waals surface area (Å²) in [6.07, 6.45) is 0. The fourth-order valence-electron chi connectivity index (χ4n) is 4.16. The van der Waals surface area contributed by atoms with E-state index in [1.807, 2.05) is 50.2 Å². The fraction of sp³-hybridized carbons (Fsp3) is 0.222. The van der Waals surface area contributed by atoms with E-state index in [1.165, 1.54) is 14.2 Å². The maximum Gasteiger partial charge on any atom is 0.326 e. The highest BCUT2D eigenvalue weighted by atomic mass is 16.5. The van der Waals surface area contributed by atoms with Crippen molar-refractivity contribution in [2.75, 3.05) is 26.1 Å². The van der Waals surface area contributed by atoms with Crippen LogP contribution >= 0.6 is 0 Å². The van der Waals surface area contributed by atoms with Gasteiger partial charge in [-0.1, -0.05) is 48.5 Å². The first-order valence-electron chi connectivity index (χ1n) is 11.1. The molecule has 1 saturated heterocycles. The third-order valence-corrected chi connectivity index (χ3v) is 6.19. The molecule has 1 heterocycles. The molecule has 0 saturated carbocycles. The predicted octanol–water partition coefficient (Wildman–Crippen LogP) is 3.75. The molecule has 0 radical (unpaired) electrons. The number of anilines is 1. The molecule has 0 aromatic heterocycles. The first-order chi connectivity index (χ1) is 16.8. The minimum atomic E-state index is -1.43. The van der Waals surface area contributed by atoms with Crippen LogP contribution in [0.5, 0.6) is 11.5 Å². The van der Waals surface area contributed by atoms with Crippen LogP contribution < -0.4 is 20.1 Å². The number of imide groups is 1. The Bertz CT molecular complexity index is 1270. The zero-order valence-electron chi connectivity index (χ0n) is 20.0. The van der Waals surface area contributed by atoms with Gasteiger partial charge in [-0.25, -0.2) is 4.79 Å². The molecule has 3 aromatic carbocycles. The molecule has 0 bridgehead atoms. The smallest absolute Gasteiger partial charge is 0.326 e. The number of amides is 4. The molecule has 8 heteroatoms. The van der Waals surface area contributed by atoms with Gasteiger partial charge in [0.25, 0.3) is 5.91 Å². The Balaban J connectivity index is 1.65. The number of ether oxygens (including phenoxy) is 2. The van der Waals surface area contributed by atoms with Gasteiger partial charge in [0.05, 0.1) is 14.2 Å². The van der Waals surface area contributed by atoms with Crippen LogP contribution in [0, 0.1) is 13.8 Å². The molecule has 1 aliphatic heterocycles. The Labute approximate surface area is 203 Å². The molecule has 1 atom stereocenters. The Hall–Kier alpha value is -4.33. The summed E-state index contributed by atoms with van der Waals surface area (Å²) in [4.78, 5) is 40.7. The van der Waals surface area contributed by atoms with E-state index in [2.05, 4.69) is 10.6 Å². The molecule has 2 N–H and O–H groups in total. The number of nitrogens with one attached hydrogen (secondary N) is 2. The molecule has 0 spiro atoms. The minimum Gasteiger partial charge on any atom is -0.497 e. The number of urea groups is 1. The Morgan fingerprint density at radius 1 is 0.886 bits per heavy atom. The number of aryl methyl sites for hydroxylation is 2. The quantitative estimate of drug-likeness (QED) is 0.510. The summed E-state index contributed by atoms with van der Waals surface area (Å²) in [7, 11) is 3.01. The van der Waals surface area contributed by atoms with Crippen molar-refractivity contribution in [3.63, 3.8) is 0 Å². The van der Waals surface area contributed by atoms with Crippen LogP contribution in [0.25, 0.3) is 0 Å². The van der Waals surface area contributed by atoms with Gasteiger partial charge < -0.3 is 20.1 Å². The molecule has 1 aliphatic rings. The summed E-state index contributed by atoms with van der Waals surface area (Å²) in [6.45, 7) is 3.48. The number of rotatable bonds is 7. The number of methoxy groups -OCH3 is 2. The van der Waals surface area contributed by atoms with Crippen molar-refractivity contribution in [1.29, 1.82) is 0 Å². The van der Waals surface area contributed by atoms with Gasteiger partial charge in [-0.2, -0.15) is 0 Å². The van der Waals surface area contributed by atoms with Crippen LogP contribution in [-0.4, -0.2) is 43.5 Å². The molecule has 8 nitrogen and oxygen atoms in total. The lowest BCUT2D eigenvalue weighted by molar-refractivity contribution is -0.133. The zero-order chi connectivity index (χ0) is 25.2. The number of carbonyl (C=O) groups excluding carboxylic acids is 3. The van der Waals surface area contributed by atoms with Crippen LogP contribution in [0.3, 0.4) is 0 Å². The molecular formula is C27H27N3O5. The van der Waals surface area contributed by atoms with E-state index in [0.29, 0.717) is 28.3 Å². The van der Waals surface area contributed by atoms with E-state index in [-0.39, 0.29) is 0 Å². The van der Waals surface area contributed by atoms with Gasteiger partial charge in [-0.15, -0.1) is 0 Å². The molecule has 0 aliphatic carbocycles. The average Bonchev–Trinajstić information content (AvgIpc) is 3.11. The lowest BCUT2D eigenvalue weighted by atomic mass is 9.81. The van der Waals surface area contributed by atoms with Crippen molar-refractivity contribution in [3.05, 3.63) is 89.0 Å². The highest BCUT2D eigenvalue weighted by Gasteiger charge is 2.54. The highest BCUT2D eigenvalue weighted by molar-refractivity contribution is 6.12. The number of hydrogen-bond donors (Lipinski definition) is 2. The first kappa shape index (κ1) is 23.8. The number of hydrogen-bond acceptors (Lipinski definition) is 5. The summed E-state index contributed by atoms with van der Waals surface area (Å²) < 4.78 is 10.5. The largest absolute Gasteiger partial charge is 0.497 e. The normalized spacial score (nSPS) is 17.2. The monoisotopic (exact) mass is 473 g/mol. The fourth-order valence-corrected chi connectivity index (χ4v) is 4.16. The van der Waals surface area contributed by atoms with Crippen LogP contribution in [0.15, 0.2) is 66.7 Å². The van der Waals surface area contributed by atoms with E-state index in [4.69, 9.17) is 9.47 Å². The molecule has 4 rings (SSSR count). The van der Waals surface area contributed by atoms with E-state index in [9.17, 15) is 14.4 Å². The minimum absolute atomic E-state index is 0.418. The molecule has 3 aromatic rings. The lowest BCUT2D eigenvalue weighted by Crippen LogP contribution is -2.45. The van der Waals surface area contributed by atoms with Gasteiger partial charge in [-0.05, 0) is 36.1 Å². The third kappa shape index (κ3) is 4.42. The third-order valence-electron chi connectivity index (χ3n) is 6.19. The van der Waals surface area contributed by atoms with Gasteiger partial charge in [-0.3, -0.25) is 14.5 Å². The van der Waals surface area contributed by atoms with Crippen LogP contribution in [0.2, 0.25) is 0 Å². The van der Waals surface area contributed by atoms with Gasteiger partial charge in [0.1, 0.15) is 18.0 Å². The highest BCUT2D eigenvalue weighted by Crippen LogP contribution is 2.37. The van der Waals surface area contributed by atoms with Gasteiger partial charge in [0, 0.05) is 23.9 Å². The van der Waals surface area contributed by atoms with Crippen molar-refractivity contribution in [1.82, 2.24) is 10.2 Å². The van der Waals surface area contributed by atoms with Crippen molar-refractivity contribution in [2.45, 2.75) is 19.4 Å². The van der Waals surface area contributed by atoms with E-state index in [1.54, 1.807) is 30.3 Å². The second kappa shape index (κ2) is 9.50. The summed E-state index contributed by atoms with van der Waals surface area (Å²) in [5.41, 5.74) is 2.28. The summed E-state index contributed by atoms with van der Waals surface area (Å²) >= 11 is 0. The zero-order valence-corrected chi connectivity index (χ0v) is 20.0. The van der Waals surface area contributed by atoms with E-state index in [0.717, 1.165) is 16.0 Å². The SMILES string of the molecule is COc1cc(NC(=O)CN2C(=O)N[C@](c3ccccc3)(c3ccc(C)c(C)c3)C2=O)cc(OC)c1. The Kier molecular flexibility index (Phi) is 6.46. The predicted molar refractivity (Wildman–Crippen MR) is 132 cm³/mol. The Morgan fingerprint density at radius 3 is 2.14 bits per heavy atom. The molecule has 35 heavy (non-hydrogen) atoms. The van der Waals surface area contributed by atoms with E-state index < -0.39 is 29.9 Å².